The third kappa shape index (κ3) is 2.96. The summed E-state index contributed by atoms with van der Waals surface area (Å²) in [6, 6.07) is 7.59. The maximum atomic E-state index is 12.1. The fourth-order valence-electron chi connectivity index (χ4n) is 2.05. The summed E-state index contributed by atoms with van der Waals surface area (Å²) in [5.41, 5.74) is 10.4. The van der Waals surface area contributed by atoms with E-state index in [9.17, 15) is 4.79 Å². The number of rotatable bonds is 3. The van der Waals surface area contributed by atoms with Gasteiger partial charge >= 0.3 is 5.97 Å². The number of nitrogen functional groups attached to an aromatic ring is 1. The van der Waals surface area contributed by atoms with E-state index < -0.39 is 5.97 Å². The second kappa shape index (κ2) is 5.74. The number of esters is 1. The summed E-state index contributed by atoms with van der Waals surface area (Å²) in [6.07, 6.45) is 1.53. The van der Waals surface area contributed by atoms with E-state index in [1.165, 1.54) is 6.20 Å². The maximum absolute atomic E-state index is 12.1. The number of aryl methyl sites for hydroxylation is 3. The van der Waals surface area contributed by atoms with E-state index in [1.54, 1.807) is 13.0 Å². The van der Waals surface area contributed by atoms with E-state index in [0.717, 1.165) is 16.7 Å². The minimum Gasteiger partial charge on any atom is -0.457 e. The first-order chi connectivity index (χ1) is 9.49. The Kier molecular flexibility index (Phi) is 4.03. The molecule has 1 heterocycles. The third-order valence-electron chi connectivity index (χ3n) is 3.32. The lowest BCUT2D eigenvalue weighted by Gasteiger charge is -2.11. The van der Waals surface area contributed by atoms with Gasteiger partial charge in [-0.3, -0.25) is 4.98 Å². The molecular formula is C16H18N2O2. The number of ether oxygens (including phenoxy) is 1. The van der Waals surface area contributed by atoms with Gasteiger partial charge in [0, 0.05) is 0 Å². The summed E-state index contributed by atoms with van der Waals surface area (Å²) in [6.45, 7) is 6.02. The maximum Gasteiger partial charge on any atom is 0.340 e. The zero-order valence-electron chi connectivity index (χ0n) is 11.9. The molecule has 0 atom stereocenters. The molecule has 0 spiro atoms. The van der Waals surface area contributed by atoms with Crippen LogP contribution in [0.1, 0.15) is 32.7 Å². The summed E-state index contributed by atoms with van der Waals surface area (Å²) in [5, 5.41) is 0. The first kappa shape index (κ1) is 14.1. The normalized spacial score (nSPS) is 10.3. The molecule has 0 radical (unpaired) electrons. The molecule has 0 aliphatic rings. The van der Waals surface area contributed by atoms with Gasteiger partial charge in [-0.25, -0.2) is 4.79 Å². The highest BCUT2D eigenvalue weighted by Gasteiger charge is 2.13. The lowest BCUT2D eigenvalue weighted by Crippen LogP contribution is -2.10. The number of hydrogen-bond acceptors (Lipinski definition) is 4. The Morgan fingerprint density at radius 3 is 2.55 bits per heavy atom. The molecule has 2 N–H and O–H groups in total. The second-order valence-electron chi connectivity index (χ2n) is 4.85. The summed E-state index contributed by atoms with van der Waals surface area (Å²) >= 11 is 0. The molecule has 0 unspecified atom stereocenters. The lowest BCUT2D eigenvalue weighted by atomic mass is 10.0. The van der Waals surface area contributed by atoms with Crippen LogP contribution in [0.2, 0.25) is 0 Å². The molecular weight excluding hydrogens is 252 g/mol. The van der Waals surface area contributed by atoms with Crippen LogP contribution in [0.3, 0.4) is 0 Å². The average molecular weight is 270 g/mol. The highest BCUT2D eigenvalue weighted by Crippen LogP contribution is 2.16. The fourth-order valence-corrected chi connectivity index (χ4v) is 2.05. The molecule has 0 aliphatic carbocycles. The van der Waals surface area contributed by atoms with Crippen molar-refractivity contribution in [2.45, 2.75) is 27.4 Å². The first-order valence-electron chi connectivity index (χ1n) is 6.43. The number of benzene rings is 1. The predicted molar refractivity (Wildman–Crippen MR) is 78.4 cm³/mol. The van der Waals surface area contributed by atoms with Crippen LogP contribution in [-0.4, -0.2) is 11.0 Å². The van der Waals surface area contributed by atoms with Gasteiger partial charge in [0.15, 0.2) is 0 Å². The van der Waals surface area contributed by atoms with E-state index in [-0.39, 0.29) is 6.61 Å². The molecule has 0 aliphatic heterocycles. The molecule has 0 bridgehead atoms. The van der Waals surface area contributed by atoms with E-state index in [0.29, 0.717) is 16.9 Å². The Bertz CT molecular complexity index is 631. The number of pyridine rings is 1. The smallest absolute Gasteiger partial charge is 0.340 e. The Balaban J connectivity index is 2.15. The summed E-state index contributed by atoms with van der Waals surface area (Å²) in [4.78, 5) is 16.2. The van der Waals surface area contributed by atoms with Crippen LogP contribution in [-0.2, 0) is 11.3 Å². The van der Waals surface area contributed by atoms with Crippen molar-refractivity contribution in [3.05, 3.63) is 58.4 Å². The largest absolute Gasteiger partial charge is 0.457 e. The molecule has 2 rings (SSSR count). The van der Waals surface area contributed by atoms with Gasteiger partial charge in [0.25, 0.3) is 0 Å². The molecule has 104 valence electrons. The van der Waals surface area contributed by atoms with Gasteiger partial charge in [-0.2, -0.15) is 0 Å². The molecule has 4 heteroatoms. The van der Waals surface area contributed by atoms with Crippen LogP contribution < -0.4 is 5.73 Å². The summed E-state index contributed by atoms with van der Waals surface area (Å²) in [7, 11) is 0. The van der Waals surface area contributed by atoms with Crippen LogP contribution in [0.5, 0.6) is 0 Å². The number of carbonyl (C=O) groups is 1. The monoisotopic (exact) mass is 270 g/mol. The highest BCUT2D eigenvalue weighted by atomic mass is 16.5. The van der Waals surface area contributed by atoms with Crippen molar-refractivity contribution in [2.75, 3.05) is 5.73 Å². The van der Waals surface area contributed by atoms with Gasteiger partial charge in [-0.05, 0) is 43.5 Å². The van der Waals surface area contributed by atoms with Crippen molar-refractivity contribution < 1.29 is 9.53 Å². The van der Waals surface area contributed by atoms with Crippen molar-refractivity contribution >= 4 is 11.7 Å². The molecule has 4 nitrogen and oxygen atoms in total. The van der Waals surface area contributed by atoms with Crippen molar-refractivity contribution in [1.29, 1.82) is 0 Å². The Morgan fingerprint density at radius 1 is 1.25 bits per heavy atom. The van der Waals surface area contributed by atoms with Crippen molar-refractivity contribution in [1.82, 2.24) is 4.98 Å². The molecule has 1 aromatic carbocycles. The van der Waals surface area contributed by atoms with Gasteiger partial charge in [-0.1, -0.05) is 18.2 Å². The van der Waals surface area contributed by atoms with Gasteiger partial charge in [0.2, 0.25) is 0 Å². The van der Waals surface area contributed by atoms with Crippen LogP contribution in [0.15, 0.2) is 30.5 Å². The van der Waals surface area contributed by atoms with E-state index in [2.05, 4.69) is 4.98 Å². The second-order valence-corrected chi connectivity index (χ2v) is 4.85. The number of aromatic nitrogens is 1. The van der Waals surface area contributed by atoms with Crippen molar-refractivity contribution in [3.8, 4) is 0 Å². The highest BCUT2D eigenvalue weighted by molar-refractivity contribution is 5.91. The molecule has 0 amide bonds. The van der Waals surface area contributed by atoms with Gasteiger partial charge < -0.3 is 10.5 Å². The lowest BCUT2D eigenvalue weighted by molar-refractivity contribution is 0.0470. The first-order valence-corrected chi connectivity index (χ1v) is 6.43. The molecule has 2 aromatic rings. The summed E-state index contributed by atoms with van der Waals surface area (Å²) in [5.74, 6) is -0.398. The van der Waals surface area contributed by atoms with Gasteiger partial charge in [0.1, 0.15) is 6.61 Å². The Labute approximate surface area is 118 Å². The van der Waals surface area contributed by atoms with Crippen molar-refractivity contribution in [3.63, 3.8) is 0 Å². The summed E-state index contributed by atoms with van der Waals surface area (Å²) < 4.78 is 5.38. The Hall–Kier alpha value is -2.36. The number of nitrogens with two attached hydrogens (primary N) is 1. The van der Waals surface area contributed by atoms with Crippen LogP contribution >= 0.6 is 0 Å². The quantitative estimate of drug-likeness (QED) is 0.871. The molecule has 0 saturated carbocycles. The predicted octanol–water partition coefficient (Wildman–Crippen LogP) is 2.95. The van der Waals surface area contributed by atoms with E-state index in [4.69, 9.17) is 10.5 Å². The van der Waals surface area contributed by atoms with E-state index in [1.807, 2.05) is 32.0 Å². The molecule has 20 heavy (non-hydrogen) atoms. The van der Waals surface area contributed by atoms with Crippen LogP contribution in [0.4, 0.5) is 5.69 Å². The van der Waals surface area contributed by atoms with Gasteiger partial charge in [-0.15, -0.1) is 0 Å². The zero-order valence-corrected chi connectivity index (χ0v) is 11.9. The number of carbonyl (C=O) groups excluding carboxylic acids is 1. The number of anilines is 1. The average Bonchev–Trinajstić information content (AvgIpc) is 2.40. The molecule has 0 fully saturated rings. The van der Waals surface area contributed by atoms with Crippen molar-refractivity contribution in [2.24, 2.45) is 0 Å². The number of hydrogen-bond donors (Lipinski definition) is 1. The Morgan fingerprint density at radius 2 is 1.90 bits per heavy atom. The minimum absolute atomic E-state index is 0.256. The molecule has 1 aromatic heterocycles. The zero-order chi connectivity index (χ0) is 14.7. The van der Waals surface area contributed by atoms with Crippen LogP contribution in [0.25, 0.3) is 0 Å². The topological polar surface area (TPSA) is 65.2 Å². The minimum atomic E-state index is -0.398. The van der Waals surface area contributed by atoms with Gasteiger partial charge in [0.05, 0.1) is 23.1 Å². The SMILES string of the molecule is Cc1cccc(C)c1COC(=O)c1cc(N)cnc1C. The molecule has 0 saturated heterocycles. The number of nitrogens with zero attached hydrogens (tertiary/aromatic N) is 1. The standard InChI is InChI=1S/C16H18N2O2/c1-10-5-4-6-11(2)15(10)9-20-16(19)14-7-13(17)8-18-12(14)3/h4-8H,9,17H2,1-3H3. The van der Waals surface area contributed by atoms with E-state index >= 15 is 0 Å². The third-order valence-corrected chi connectivity index (χ3v) is 3.32. The fraction of sp³-hybridized carbons (Fsp3) is 0.250. The van der Waals surface area contributed by atoms with Crippen LogP contribution in [0, 0.1) is 20.8 Å².